The molecular formula is C12H23N3. The topological polar surface area (TPSA) is 29.9 Å². The lowest BCUT2D eigenvalue weighted by Crippen LogP contribution is -2.34. The molecule has 86 valence electrons. The molecule has 0 saturated carbocycles. The molecule has 0 aromatic carbocycles. The van der Waals surface area contributed by atoms with Crippen LogP contribution in [0.5, 0.6) is 0 Å². The molecule has 0 fully saturated rings. The Morgan fingerprint density at radius 1 is 1.47 bits per heavy atom. The maximum Gasteiger partial charge on any atom is 0.112 e. The Hall–Kier alpha value is -0.830. The van der Waals surface area contributed by atoms with Crippen molar-refractivity contribution >= 4 is 0 Å². The van der Waals surface area contributed by atoms with Crippen LogP contribution < -0.4 is 5.32 Å². The van der Waals surface area contributed by atoms with Crippen molar-refractivity contribution in [3.63, 3.8) is 0 Å². The molecule has 0 radical (unpaired) electrons. The Bertz CT molecular complexity index is 280. The summed E-state index contributed by atoms with van der Waals surface area (Å²) in [6, 6.07) is 0.533. The molecule has 1 heterocycles. The fourth-order valence-corrected chi connectivity index (χ4v) is 2.00. The molecule has 3 heteroatoms. The molecule has 0 aliphatic heterocycles. The lowest BCUT2D eigenvalue weighted by molar-refractivity contribution is 0.420. The molecule has 15 heavy (non-hydrogen) atoms. The highest BCUT2D eigenvalue weighted by molar-refractivity contribution is 5.02. The van der Waals surface area contributed by atoms with Gasteiger partial charge >= 0.3 is 0 Å². The smallest absolute Gasteiger partial charge is 0.112 e. The zero-order valence-electron chi connectivity index (χ0n) is 10.3. The molecule has 3 nitrogen and oxygen atoms in total. The Balaban J connectivity index is 2.64. The lowest BCUT2D eigenvalue weighted by Gasteiger charge is -2.23. The van der Waals surface area contributed by atoms with Gasteiger partial charge in [0.15, 0.2) is 0 Å². The van der Waals surface area contributed by atoms with Crippen LogP contribution in [0.25, 0.3) is 0 Å². The summed E-state index contributed by atoms with van der Waals surface area (Å²) in [5.41, 5.74) is 0. The van der Waals surface area contributed by atoms with Crippen molar-refractivity contribution in [2.24, 2.45) is 7.05 Å². The SMILES string of the molecule is CCCNC(CC)C(C)c1nccn1C. The molecule has 2 unspecified atom stereocenters. The average molecular weight is 209 g/mol. The predicted molar refractivity (Wildman–Crippen MR) is 64.0 cm³/mol. The van der Waals surface area contributed by atoms with Gasteiger partial charge in [-0.25, -0.2) is 4.98 Å². The van der Waals surface area contributed by atoms with Crippen LogP contribution in [0.1, 0.15) is 45.4 Å². The monoisotopic (exact) mass is 209 g/mol. The fourth-order valence-electron chi connectivity index (χ4n) is 2.00. The van der Waals surface area contributed by atoms with Gasteiger partial charge in [0.2, 0.25) is 0 Å². The molecule has 2 atom stereocenters. The maximum absolute atomic E-state index is 4.42. The molecule has 0 aliphatic rings. The summed E-state index contributed by atoms with van der Waals surface area (Å²) in [6.07, 6.45) is 6.22. The first-order chi connectivity index (χ1) is 7.20. The number of imidazole rings is 1. The summed E-state index contributed by atoms with van der Waals surface area (Å²) in [5, 5.41) is 3.58. The minimum Gasteiger partial charge on any atom is -0.338 e. The first kappa shape index (κ1) is 12.2. The van der Waals surface area contributed by atoms with Crippen molar-refractivity contribution in [3.8, 4) is 0 Å². The van der Waals surface area contributed by atoms with Gasteiger partial charge in [-0.3, -0.25) is 0 Å². The van der Waals surface area contributed by atoms with Crippen LogP contribution >= 0.6 is 0 Å². The van der Waals surface area contributed by atoms with E-state index in [1.165, 1.54) is 12.2 Å². The molecule has 1 aromatic rings. The Morgan fingerprint density at radius 2 is 2.20 bits per heavy atom. The third kappa shape index (κ3) is 3.06. The third-order valence-electron chi connectivity index (χ3n) is 2.97. The summed E-state index contributed by atoms with van der Waals surface area (Å²) in [5.74, 6) is 1.65. The highest BCUT2D eigenvalue weighted by atomic mass is 15.1. The summed E-state index contributed by atoms with van der Waals surface area (Å²) < 4.78 is 2.11. The minimum absolute atomic E-state index is 0.474. The van der Waals surface area contributed by atoms with E-state index in [9.17, 15) is 0 Å². The van der Waals surface area contributed by atoms with E-state index >= 15 is 0 Å². The maximum atomic E-state index is 4.42. The van der Waals surface area contributed by atoms with Crippen LogP contribution in [0.4, 0.5) is 0 Å². The van der Waals surface area contributed by atoms with Gasteiger partial charge < -0.3 is 9.88 Å². The van der Waals surface area contributed by atoms with E-state index in [-0.39, 0.29) is 0 Å². The molecule has 1 aromatic heterocycles. The van der Waals surface area contributed by atoms with E-state index in [0.717, 1.165) is 13.0 Å². The van der Waals surface area contributed by atoms with Gasteiger partial charge in [0, 0.05) is 31.4 Å². The van der Waals surface area contributed by atoms with Crippen molar-refractivity contribution in [2.45, 2.75) is 45.6 Å². The van der Waals surface area contributed by atoms with Gasteiger partial charge in [0.05, 0.1) is 0 Å². The first-order valence-electron chi connectivity index (χ1n) is 5.91. The molecule has 1 rings (SSSR count). The van der Waals surface area contributed by atoms with E-state index in [1.807, 2.05) is 12.4 Å². The summed E-state index contributed by atoms with van der Waals surface area (Å²) in [4.78, 5) is 4.42. The molecular weight excluding hydrogens is 186 g/mol. The standard InChI is InChI=1S/C12H23N3/c1-5-7-13-11(6-2)10(3)12-14-8-9-15(12)4/h8-11,13H,5-7H2,1-4H3. The fraction of sp³-hybridized carbons (Fsp3) is 0.750. The van der Waals surface area contributed by atoms with Crippen molar-refractivity contribution in [2.75, 3.05) is 6.54 Å². The van der Waals surface area contributed by atoms with E-state index in [1.54, 1.807) is 0 Å². The van der Waals surface area contributed by atoms with Gasteiger partial charge in [-0.15, -0.1) is 0 Å². The highest BCUT2D eigenvalue weighted by Crippen LogP contribution is 2.18. The Labute approximate surface area is 92.9 Å². The molecule has 1 N–H and O–H groups in total. The van der Waals surface area contributed by atoms with Crippen LogP contribution in [0.15, 0.2) is 12.4 Å². The van der Waals surface area contributed by atoms with Crippen LogP contribution in [0, 0.1) is 0 Å². The molecule has 0 spiro atoms. The van der Waals surface area contributed by atoms with E-state index in [0.29, 0.717) is 12.0 Å². The van der Waals surface area contributed by atoms with Crippen LogP contribution in [0.3, 0.4) is 0 Å². The number of rotatable bonds is 6. The zero-order chi connectivity index (χ0) is 11.3. The summed E-state index contributed by atoms with van der Waals surface area (Å²) in [6.45, 7) is 7.77. The van der Waals surface area contributed by atoms with Gasteiger partial charge in [-0.05, 0) is 19.4 Å². The second-order valence-electron chi connectivity index (χ2n) is 4.15. The molecule has 0 amide bonds. The van der Waals surface area contributed by atoms with Crippen molar-refractivity contribution in [1.82, 2.24) is 14.9 Å². The van der Waals surface area contributed by atoms with E-state index in [4.69, 9.17) is 0 Å². The lowest BCUT2D eigenvalue weighted by atomic mass is 9.98. The average Bonchev–Trinajstić information content (AvgIpc) is 2.65. The number of nitrogens with one attached hydrogen (secondary N) is 1. The highest BCUT2D eigenvalue weighted by Gasteiger charge is 2.19. The largest absolute Gasteiger partial charge is 0.338 e. The predicted octanol–water partition coefficient (Wildman–Crippen LogP) is 2.30. The van der Waals surface area contributed by atoms with Gasteiger partial charge in [-0.2, -0.15) is 0 Å². The van der Waals surface area contributed by atoms with Crippen LogP contribution in [0.2, 0.25) is 0 Å². The number of hydrogen-bond donors (Lipinski definition) is 1. The Morgan fingerprint density at radius 3 is 2.67 bits per heavy atom. The van der Waals surface area contributed by atoms with E-state index < -0.39 is 0 Å². The normalized spacial score (nSPS) is 15.2. The molecule has 0 saturated heterocycles. The second-order valence-corrected chi connectivity index (χ2v) is 4.15. The summed E-state index contributed by atoms with van der Waals surface area (Å²) >= 11 is 0. The van der Waals surface area contributed by atoms with Crippen molar-refractivity contribution in [3.05, 3.63) is 18.2 Å². The van der Waals surface area contributed by atoms with Gasteiger partial charge in [0.25, 0.3) is 0 Å². The van der Waals surface area contributed by atoms with Crippen molar-refractivity contribution < 1.29 is 0 Å². The quantitative estimate of drug-likeness (QED) is 0.779. The number of nitrogens with zero attached hydrogens (tertiary/aromatic N) is 2. The Kier molecular flexibility index (Phi) is 4.82. The van der Waals surface area contributed by atoms with E-state index in [2.05, 4.69) is 42.7 Å². The number of hydrogen-bond acceptors (Lipinski definition) is 2. The van der Waals surface area contributed by atoms with Gasteiger partial charge in [0.1, 0.15) is 5.82 Å². The number of aromatic nitrogens is 2. The summed E-state index contributed by atoms with van der Waals surface area (Å²) in [7, 11) is 2.06. The van der Waals surface area contributed by atoms with Crippen LogP contribution in [-0.4, -0.2) is 22.1 Å². The van der Waals surface area contributed by atoms with Crippen LogP contribution in [-0.2, 0) is 7.05 Å². The third-order valence-corrected chi connectivity index (χ3v) is 2.97. The minimum atomic E-state index is 0.474. The first-order valence-corrected chi connectivity index (χ1v) is 5.91. The van der Waals surface area contributed by atoms with Crippen molar-refractivity contribution in [1.29, 1.82) is 0 Å². The van der Waals surface area contributed by atoms with Gasteiger partial charge in [-0.1, -0.05) is 20.8 Å². The molecule has 0 bridgehead atoms. The second kappa shape index (κ2) is 5.91. The molecule has 0 aliphatic carbocycles. The zero-order valence-corrected chi connectivity index (χ0v) is 10.3. The number of aryl methyl sites for hydroxylation is 1.